The fraction of sp³-hybridized carbons (Fsp3) is 0.400. The minimum Gasteiger partial charge on any atom is -0.339 e. The molecule has 1 atom stereocenters. The number of nitrogens with zero attached hydrogens (tertiary/aromatic N) is 5. The lowest BCUT2D eigenvalue weighted by Crippen LogP contribution is -2.40. The highest BCUT2D eigenvalue weighted by Crippen LogP contribution is 2.38. The lowest BCUT2D eigenvalue weighted by atomic mass is 10.1. The molecule has 3 aromatic rings. The number of para-hydroxylation sites is 1. The van der Waals surface area contributed by atoms with Crippen molar-refractivity contribution >= 4 is 6.03 Å². The summed E-state index contributed by atoms with van der Waals surface area (Å²) in [5, 5.41) is 11.4. The molecule has 146 valence electrons. The highest BCUT2D eigenvalue weighted by molar-refractivity contribution is 5.74. The molecule has 1 aromatic carbocycles. The van der Waals surface area contributed by atoms with Crippen LogP contribution in [0.25, 0.3) is 5.69 Å². The quantitative estimate of drug-likeness (QED) is 0.678. The number of hydrogen-bond donors (Lipinski definition) is 1. The number of benzene rings is 1. The summed E-state index contributed by atoms with van der Waals surface area (Å²) in [5.74, 6) is 1.64. The molecule has 8 heteroatoms. The molecule has 28 heavy (non-hydrogen) atoms. The number of urea groups is 1. The Balaban J connectivity index is 1.44. The molecular weight excluding hydrogens is 356 g/mol. The van der Waals surface area contributed by atoms with Gasteiger partial charge in [-0.05, 0) is 44.4 Å². The second-order valence-electron chi connectivity index (χ2n) is 7.02. The van der Waals surface area contributed by atoms with Crippen LogP contribution in [0.2, 0.25) is 0 Å². The van der Waals surface area contributed by atoms with Gasteiger partial charge < -0.3 is 14.7 Å². The van der Waals surface area contributed by atoms with Gasteiger partial charge in [-0.2, -0.15) is 10.1 Å². The molecule has 1 N–H and O–H groups in total. The third-order valence-corrected chi connectivity index (χ3v) is 4.91. The number of hydrogen-bond acceptors (Lipinski definition) is 5. The average molecular weight is 380 g/mol. The third-order valence-electron chi connectivity index (χ3n) is 4.91. The number of nitrogens with one attached hydrogen (secondary N) is 1. The van der Waals surface area contributed by atoms with Crippen LogP contribution in [0.15, 0.2) is 47.2 Å². The van der Waals surface area contributed by atoms with Gasteiger partial charge in [0.05, 0.1) is 18.3 Å². The largest absolute Gasteiger partial charge is 0.339 e. The number of amides is 2. The zero-order valence-electron chi connectivity index (χ0n) is 16.1. The smallest absolute Gasteiger partial charge is 0.318 e. The van der Waals surface area contributed by atoms with E-state index in [4.69, 9.17) is 4.52 Å². The van der Waals surface area contributed by atoms with Gasteiger partial charge in [0.2, 0.25) is 5.89 Å². The summed E-state index contributed by atoms with van der Waals surface area (Å²) in [6.45, 7) is 4.77. The monoisotopic (exact) mass is 380 g/mol. The Kier molecular flexibility index (Phi) is 5.10. The van der Waals surface area contributed by atoms with Gasteiger partial charge in [0.25, 0.3) is 0 Å². The van der Waals surface area contributed by atoms with Crippen molar-refractivity contribution in [2.75, 3.05) is 6.54 Å². The van der Waals surface area contributed by atoms with Gasteiger partial charge in [0, 0.05) is 24.9 Å². The van der Waals surface area contributed by atoms with Crippen LogP contribution in [-0.2, 0) is 6.54 Å². The molecule has 4 rings (SSSR count). The van der Waals surface area contributed by atoms with Gasteiger partial charge in [-0.3, -0.25) is 0 Å². The van der Waals surface area contributed by atoms with Crippen molar-refractivity contribution in [1.29, 1.82) is 0 Å². The molecule has 0 saturated heterocycles. The van der Waals surface area contributed by atoms with Gasteiger partial charge >= 0.3 is 6.03 Å². The van der Waals surface area contributed by atoms with Gasteiger partial charge in [-0.1, -0.05) is 23.4 Å². The standard InChI is InChI=1S/C20H24N6O2/c1-3-25(13-18-23-19(28-24-18)15-9-10-15)20(27)22-14(2)16-7-4-5-8-17(16)26-12-6-11-21-26/h4-8,11-12,14-15H,3,9-10,13H2,1-2H3,(H,22,27)/t14-/m1/s1. The van der Waals surface area contributed by atoms with E-state index >= 15 is 0 Å². The molecule has 2 amide bonds. The van der Waals surface area contributed by atoms with Crippen molar-refractivity contribution in [3.05, 3.63) is 60.0 Å². The number of aromatic nitrogens is 4. The zero-order valence-corrected chi connectivity index (χ0v) is 16.1. The van der Waals surface area contributed by atoms with E-state index in [1.807, 2.05) is 50.4 Å². The summed E-state index contributed by atoms with van der Waals surface area (Å²) in [5.41, 5.74) is 1.93. The van der Waals surface area contributed by atoms with Crippen LogP contribution in [0, 0.1) is 0 Å². The second-order valence-corrected chi connectivity index (χ2v) is 7.02. The van der Waals surface area contributed by atoms with E-state index in [0.717, 1.165) is 24.1 Å². The Labute approximate surface area is 163 Å². The van der Waals surface area contributed by atoms with Crippen LogP contribution in [0.4, 0.5) is 4.79 Å². The molecule has 1 aliphatic rings. The van der Waals surface area contributed by atoms with Crippen LogP contribution in [0.1, 0.15) is 55.9 Å². The average Bonchev–Trinajstić information content (AvgIpc) is 3.22. The summed E-state index contributed by atoms with van der Waals surface area (Å²) in [4.78, 5) is 18.9. The maximum atomic E-state index is 12.8. The summed E-state index contributed by atoms with van der Waals surface area (Å²) < 4.78 is 7.09. The minimum absolute atomic E-state index is 0.164. The molecular formula is C20H24N6O2. The van der Waals surface area contributed by atoms with Crippen LogP contribution < -0.4 is 5.32 Å². The molecule has 0 spiro atoms. The Bertz CT molecular complexity index is 932. The van der Waals surface area contributed by atoms with E-state index in [9.17, 15) is 4.79 Å². The lowest BCUT2D eigenvalue weighted by Gasteiger charge is -2.24. The molecule has 1 aliphatic carbocycles. The van der Waals surface area contributed by atoms with Crippen molar-refractivity contribution in [3.8, 4) is 5.69 Å². The van der Waals surface area contributed by atoms with Crippen LogP contribution in [-0.4, -0.2) is 37.4 Å². The second kappa shape index (κ2) is 7.84. The molecule has 1 saturated carbocycles. The van der Waals surface area contributed by atoms with Gasteiger partial charge in [0.1, 0.15) is 0 Å². The minimum atomic E-state index is -0.186. The predicted octanol–water partition coefficient (Wildman–Crippen LogP) is 3.43. The fourth-order valence-electron chi connectivity index (χ4n) is 3.15. The van der Waals surface area contributed by atoms with Crippen molar-refractivity contribution < 1.29 is 9.32 Å². The van der Waals surface area contributed by atoms with Crippen molar-refractivity contribution in [2.24, 2.45) is 0 Å². The Morgan fingerprint density at radius 3 is 2.89 bits per heavy atom. The van der Waals surface area contributed by atoms with Crippen molar-refractivity contribution in [2.45, 2.75) is 45.2 Å². The molecule has 1 fully saturated rings. The number of carbonyl (C=O) groups excluding carboxylic acids is 1. The first-order chi connectivity index (χ1) is 13.7. The number of rotatable bonds is 7. The van der Waals surface area contributed by atoms with Crippen molar-refractivity contribution in [3.63, 3.8) is 0 Å². The predicted molar refractivity (Wildman–Crippen MR) is 103 cm³/mol. The SMILES string of the molecule is CCN(Cc1noc(C2CC2)n1)C(=O)N[C@H](C)c1ccccc1-n1cccn1. The fourth-order valence-corrected chi connectivity index (χ4v) is 3.15. The topological polar surface area (TPSA) is 89.1 Å². The third kappa shape index (κ3) is 3.90. The first-order valence-corrected chi connectivity index (χ1v) is 9.62. The van der Waals surface area contributed by atoms with E-state index in [1.165, 1.54) is 0 Å². The first-order valence-electron chi connectivity index (χ1n) is 9.62. The van der Waals surface area contributed by atoms with Crippen LogP contribution in [0.5, 0.6) is 0 Å². The lowest BCUT2D eigenvalue weighted by molar-refractivity contribution is 0.192. The van der Waals surface area contributed by atoms with E-state index in [-0.39, 0.29) is 12.1 Å². The maximum absolute atomic E-state index is 12.8. The molecule has 2 heterocycles. The molecule has 0 aliphatic heterocycles. The maximum Gasteiger partial charge on any atom is 0.318 e. The summed E-state index contributed by atoms with van der Waals surface area (Å²) >= 11 is 0. The number of carbonyl (C=O) groups is 1. The van der Waals surface area contributed by atoms with Crippen LogP contribution >= 0.6 is 0 Å². The molecule has 0 unspecified atom stereocenters. The Morgan fingerprint density at radius 1 is 1.36 bits per heavy atom. The molecule has 2 aromatic heterocycles. The highest BCUT2D eigenvalue weighted by atomic mass is 16.5. The Morgan fingerprint density at radius 2 is 2.18 bits per heavy atom. The van der Waals surface area contributed by atoms with Gasteiger partial charge in [0.15, 0.2) is 5.82 Å². The Hall–Kier alpha value is -3.16. The van der Waals surface area contributed by atoms with E-state index in [1.54, 1.807) is 15.8 Å². The summed E-state index contributed by atoms with van der Waals surface area (Å²) in [6.07, 6.45) is 5.83. The van der Waals surface area contributed by atoms with Crippen molar-refractivity contribution in [1.82, 2.24) is 30.1 Å². The normalized spacial score (nSPS) is 14.6. The van der Waals surface area contributed by atoms with Crippen LogP contribution in [0.3, 0.4) is 0 Å². The summed E-state index contributed by atoms with van der Waals surface area (Å²) in [6, 6.07) is 9.43. The molecule has 8 nitrogen and oxygen atoms in total. The highest BCUT2D eigenvalue weighted by Gasteiger charge is 2.30. The zero-order chi connectivity index (χ0) is 19.5. The first kappa shape index (κ1) is 18.2. The van der Waals surface area contributed by atoms with Gasteiger partial charge in [-0.15, -0.1) is 0 Å². The van der Waals surface area contributed by atoms with E-state index in [2.05, 4.69) is 20.6 Å². The van der Waals surface area contributed by atoms with E-state index < -0.39 is 0 Å². The van der Waals surface area contributed by atoms with Gasteiger partial charge in [-0.25, -0.2) is 9.48 Å². The molecule has 0 radical (unpaired) electrons. The van der Waals surface area contributed by atoms with E-state index in [0.29, 0.717) is 30.7 Å². The summed E-state index contributed by atoms with van der Waals surface area (Å²) in [7, 11) is 0. The molecule has 0 bridgehead atoms.